The highest BCUT2D eigenvalue weighted by molar-refractivity contribution is 7.17. The second-order valence-electron chi connectivity index (χ2n) is 5.81. The van der Waals surface area contributed by atoms with E-state index in [9.17, 15) is 4.79 Å². The molecule has 0 N–H and O–H groups in total. The van der Waals surface area contributed by atoms with E-state index >= 15 is 0 Å². The molecule has 0 atom stereocenters. The maximum atomic E-state index is 12.4. The zero-order chi connectivity index (χ0) is 15.7. The molecule has 1 aliphatic rings. The highest BCUT2D eigenvalue weighted by Gasteiger charge is 2.18. The van der Waals surface area contributed by atoms with Gasteiger partial charge in [0.1, 0.15) is 0 Å². The third-order valence-corrected chi connectivity index (χ3v) is 4.58. The van der Waals surface area contributed by atoms with Gasteiger partial charge in [-0.2, -0.15) is 0 Å². The van der Waals surface area contributed by atoms with E-state index in [0.29, 0.717) is 5.92 Å². The Labute approximate surface area is 134 Å². The highest BCUT2D eigenvalue weighted by Crippen LogP contribution is 2.38. The van der Waals surface area contributed by atoms with Crippen LogP contribution in [0, 0.1) is 5.92 Å². The predicted molar refractivity (Wildman–Crippen MR) is 87.7 cm³/mol. The summed E-state index contributed by atoms with van der Waals surface area (Å²) >= 11 is 1.51. The van der Waals surface area contributed by atoms with Crippen LogP contribution in [0.25, 0.3) is 10.4 Å². The standard InChI is InChI=1S/C17H19NO3S/c1-11(2)9-18(3)17(19)16-7-6-15(22-16)12-4-5-13-14(8-12)21-10-20-13/h4-8,11H,9-10H2,1-3H3. The highest BCUT2D eigenvalue weighted by atomic mass is 32.1. The molecule has 0 saturated heterocycles. The van der Waals surface area contributed by atoms with Crippen molar-refractivity contribution in [2.24, 2.45) is 5.92 Å². The van der Waals surface area contributed by atoms with Crippen LogP contribution in [0.3, 0.4) is 0 Å². The number of thiophene rings is 1. The Morgan fingerprint density at radius 3 is 2.77 bits per heavy atom. The normalized spacial score (nSPS) is 12.7. The van der Waals surface area contributed by atoms with Crippen molar-refractivity contribution in [3.8, 4) is 21.9 Å². The number of benzene rings is 1. The Hall–Kier alpha value is -2.01. The number of ether oxygens (including phenoxy) is 2. The number of rotatable bonds is 4. The summed E-state index contributed by atoms with van der Waals surface area (Å²) in [4.78, 5) is 16.0. The molecule has 5 heteroatoms. The number of hydrogen-bond acceptors (Lipinski definition) is 4. The Kier molecular flexibility index (Phi) is 4.07. The fraction of sp³-hybridized carbons (Fsp3) is 0.353. The van der Waals surface area contributed by atoms with Crippen molar-refractivity contribution in [1.82, 2.24) is 4.90 Å². The summed E-state index contributed by atoms with van der Waals surface area (Å²) < 4.78 is 10.7. The molecule has 1 aromatic carbocycles. The van der Waals surface area contributed by atoms with E-state index in [2.05, 4.69) is 13.8 Å². The lowest BCUT2D eigenvalue weighted by Crippen LogP contribution is -2.29. The minimum atomic E-state index is 0.0747. The summed E-state index contributed by atoms with van der Waals surface area (Å²) in [6.45, 7) is 5.25. The lowest BCUT2D eigenvalue weighted by Gasteiger charge is -2.18. The molecule has 1 amide bonds. The molecule has 0 radical (unpaired) electrons. The van der Waals surface area contributed by atoms with Gasteiger partial charge in [0.2, 0.25) is 6.79 Å². The molecule has 4 nitrogen and oxygen atoms in total. The Morgan fingerprint density at radius 1 is 1.23 bits per heavy atom. The summed E-state index contributed by atoms with van der Waals surface area (Å²) in [6.07, 6.45) is 0. The number of fused-ring (bicyclic) bond motifs is 1. The van der Waals surface area contributed by atoms with Crippen LogP contribution in [0.15, 0.2) is 30.3 Å². The van der Waals surface area contributed by atoms with E-state index in [1.165, 1.54) is 11.3 Å². The van der Waals surface area contributed by atoms with E-state index in [0.717, 1.165) is 33.4 Å². The number of nitrogens with zero attached hydrogens (tertiary/aromatic N) is 1. The van der Waals surface area contributed by atoms with Crippen LogP contribution in [0.1, 0.15) is 23.5 Å². The zero-order valence-electron chi connectivity index (χ0n) is 13.0. The van der Waals surface area contributed by atoms with Crippen molar-refractivity contribution in [2.75, 3.05) is 20.4 Å². The monoisotopic (exact) mass is 317 g/mol. The fourth-order valence-electron chi connectivity index (χ4n) is 2.48. The summed E-state index contributed by atoms with van der Waals surface area (Å²) in [7, 11) is 1.85. The van der Waals surface area contributed by atoms with E-state index in [-0.39, 0.29) is 12.7 Å². The van der Waals surface area contributed by atoms with Crippen molar-refractivity contribution < 1.29 is 14.3 Å². The Bertz CT molecular complexity index is 693. The van der Waals surface area contributed by atoms with Gasteiger partial charge in [0.15, 0.2) is 11.5 Å². The summed E-state index contributed by atoms with van der Waals surface area (Å²) in [5, 5.41) is 0. The van der Waals surface area contributed by atoms with Gasteiger partial charge < -0.3 is 14.4 Å². The van der Waals surface area contributed by atoms with E-state index in [1.54, 1.807) is 4.90 Å². The minimum absolute atomic E-state index is 0.0747. The van der Waals surface area contributed by atoms with Gasteiger partial charge in [0, 0.05) is 18.5 Å². The van der Waals surface area contributed by atoms with E-state index in [1.807, 2.05) is 37.4 Å². The first kappa shape index (κ1) is 14.9. The average Bonchev–Trinajstić information content (AvgIpc) is 3.13. The van der Waals surface area contributed by atoms with Crippen LogP contribution in [-0.4, -0.2) is 31.2 Å². The van der Waals surface area contributed by atoms with Gasteiger partial charge in [-0.05, 0) is 41.8 Å². The third-order valence-electron chi connectivity index (χ3n) is 3.46. The molecule has 0 aliphatic carbocycles. The van der Waals surface area contributed by atoms with Gasteiger partial charge in [0.05, 0.1) is 4.88 Å². The number of carbonyl (C=O) groups is 1. The van der Waals surface area contributed by atoms with Gasteiger partial charge in [-0.3, -0.25) is 4.79 Å². The SMILES string of the molecule is CC(C)CN(C)C(=O)c1ccc(-c2ccc3c(c2)OCO3)s1. The van der Waals surface area contributed by atoms with Crippen molar-refractivity contribution >= 4 is 17.2 Å². The second kappa shape index (κ2) is 6.01. The van der Waals surface area contributed by atoms with Gasteiger partial charge in [-0.1, -0.05) is 13.8 Å². The first-order valence-electron chi connectivity index (χ1n) is 7.30. The molecule has 2 aromatic rings. The van der Waals surface area contributed by atoms with Crippen LogP contribution in [0.5, 0.6) is 11.5 Å². The smallest absolute Gasteiger partial charge is 0.263 e. The first-order valence-corrected chi connectivity index (χ1v) is 8.11. The molecule has 1 aromatic heterocycles. The van der Waals surface area contributed by atoms with Crippen molar-refractivity contribution in [2.45, 2.75) is 13.8 Å². The molecule has 0 bridgehead atoms. The second-order valence-corrected chi connectivity index (χ2v) is 6.90. The topological polar surface area (TPSA) is 38.8 Å². The van der Waals surface area contributed by atoms with Gasteiger partial charge in [-0.15, -0.1) is 11.3 Å². The molecule has 3 rings (SSSR count). The molecular weight excluding hydrogens is 298 g/mol. The van der Waals surface area contributed by atoms with Crippen LogP contribution >= 0.6 is 11.3 Å². The van der Waals surface area contributed by atoms with E-state index in [4.69, 9.17) is 9.47 Å². The van der Waals surface area contributed by atoms with Crippen LogP contribution in [-0.2, 0) is 0 Å². The van der Waals surface area contributed by atoms with Gasteiger partial charge in [0.25, 0.3) is 5.91 Å². The van der Waals surface area contributed by atoms with Crippen LogP contribution < -0.4 is 9.47 Å². The summed E-state index contributed by atoms with van der Waals surface area (Å²) in [5.41, 5.74) is 1.04. The molecule has 0 spiro atoms. The number of hydrogen-bond donors (Lipinski definition) is 0. The molecule has 2 heterocycles. The third kappa shape index (κ3) is 2.95. The molecule has 116 valence electrons. The van der Waals surface area contributed by atoms with Crippen molar-refractivity contribution in [3.05, 3.63) is 35.2 Å². The predicted octanol–water partition coefficient (Wildman–Crippen LogP) is 3.87. The van der Waals surface area contributed by atoms with Crippen LogP contribution in [0.2, 0.25) is 0 Å². The quantitative estimate of drug-likeness (QED) is 0.859. The molecule has 1 aliphatic heterocycles. The lowest BCUT2D eigenvalue weighted by atomic mass is 10.1. The number of carbonyl (C=O) groups excluding carboxylic acids is 1. The van der Waals surface area contributed by atoms with Crippen LogP contribution in [0.4, 0.5) is 0 Å². The molecule has 0 fully saturated rings. The Morgan fingerprint density at radius 2 is 2.00 bits per heavy atom. The minimum Gasteiger partial charge on any atom is -0.454 e. The molecular formula is C17H19NO3S. The first-order chi connectivity index (χ1) is 10.5. The van der Waals surface area contributed by atoms with Gasteiger partial charge in [-0.25, -0.2) is 0 Å². The van der Waals surface area contributed by atoms with Gasteiger partial charge >= 0.3 is 0 Å². The van der Waals surface area contributed by atoms with Crippen molar-refractivity contribution in [1.29, 1.82) is 0 Å². The maximum absolute atomic E-state index is 12.4. The zero-order valence-corrected chi connectivity index (χ0v) is 13.8. The largest absolute Gasteiger partial charge is 0.454 e. The fourth-order valence-corrected chi connectivity index (χ4v) is 3.47. The molecule has 0 saturated carbocycles. The number of amides is 1. The summed E-state index contributed by atoms with van der Waals surface area (Å²) in [5.74, 6) is 2.07. The van der Waals surface area contributed by atoms with Crippen molar-refractivity contribution in [3.63, 3.8) is 0 Å². The van der Waals surface area contributed by atoms with E-state index < -0.39 is 0 Å². The summed E-state index contributed by atoms with van der Waals surface area (Å²) in [6, 6.07) is 9.73. The average molecular weight is 317 g/mol. The maximum Gasteiger partial charge on any atom is 0.263 e. The lowest BCUT2D eigenvalue weighted by molar-refractivity contribution is 0.0784. The molecule has 22 heavy (non-hydrogen) atoms. The Balaban J connectivity index is 1.80. The molecule has 0 unspecified atom stereocenters.